The Bertz CT molecular complexity index is 311. The van der Waals surface area contributed by atoms with Crippen molar-refractivity contribution < 1.29 is 9.84 Å². The lowest BCUT2D eigenvalue weighted by Crippen LogP contribution is -2.08. The summed E-state index contributed by atoms with van der Waals surface area (Å²) in [5.74, 6) is 0.319. The number of methoxy groups -OCH3 is 1. The Morgan fingerprint density at radius 2 is 2.08 bits per heavy atom. The molecule has 0 aliphatic heterocycles. The van der Waals surface area contributed by atoms with Crippen LogP contribution in [0.4, 0.5) is 5.69 Å². The van der Waals surface area contributed by atoms with Crippen molar-refractivity contribution in [2.45, 2.75) is 13.0 Å². The summed E-state index contributed by atoms with van der Waals surface area (Å²) in [4.78, 5) is 0. The Labute approximate surface area is 77.1 Å². The maximum atomic E-state index is 9.52. The van der Waals surface area contributed by atoms with E-state index in [2.05, 4.69) is 0 Å². The molecule has 0 radical (unpaired) electrons. The van der Waals surface area contributed by atoms with Gasteiger partial charge in [0.05, 0.1) is 12.8 Å². The van der Waals surface area contributed by atoms with E-state index < -0.39 is 0 Å². The maximum absolute atomic E-state index is 9.52. The molecule has 0 fully saturated rings. The van der Waals surface area contributed by atoms with Crippen molar-refractivity contribution in [2.75, 3.05) is 12.8 Å². The van der Waals surface area contributed by atoms with Gasteiger partial charge in [0.15, 0.2) is 11.5 Å². The molecule has 0 aliphatic carbocycles. The molecule has 72 valence electrons. The number of phenols is 1. The number of phenolic OH excluding ortho intramolecular Hbond substituents is 1. The van der Waals surface area contributed by atoms with E-state index in [0.717, 1.165) is 5.56 Å². The van der Waals surface area contributed by atoms with Gasteiger partial charge in [0.25, 0.3) is 0 Å². The Balaban J connectivity index is 3.23. The molecule has 0 aliphatic rings. The van der Waals surface area contributed by atoms with Crippen LogP contribution in [0.25, 0.3) is 0 Å². The summed E-state index contributed by atoms with van der Waals surface area (Å²) in [6.45, 7) is 1.80. The molecule has 4 heteroatoms. The number of nitrogens with two attached hydrogens (primary N) is 2. The third kappa shape index (κ3) is 1.67. The topological polar surface area (TPSA) is 81.5 Å². The van der Waals surface area contributed by atoms with Crippen LogP contribution in [0.3, 0.4) is 0 Å². The lowest BCUT2D eigenvalue weighted by atomic mass is 10.1. The highest BCUT2D eigenvalue weighted by molar-refractivity contribution is 5.64. The number of aromatic hydroxyl groups is 1. The minimum atomic E-state index is -0.197. The second-order valence-electron chi connectivity index (χ2n) is 2.91. The van der Waals surface area contributed by atoms with E-state index in [-0.39, 0.29) is 17.5 Å². The molecule has 1 rings (SSSR count). The summed E-state index contributed by atoms with van der Waals surface area (Å²) in [6, 6.07) is 3.19. The fourth-order valence-electron chi connectivity index (χ4n) is 1.17. The van der Waals surface area contributed by atoms with Crippen molar-refractivity contribution >= 4 is 5.69 Å². The van der Waals surface area contributed by atoms with Crippen LogP contribution in [0.1, 0.15) is 18.5 Å². The molecule has 0 amide bonds. The highest BCUT2D eigenvalue weighted by Gasteiger charge is 2.12. The van der Waals surface area contributed by atoms with E-state index in [1.165, 1.54) is 7.11 Å². The van der Waals surface area contributed by atoms with Gasteiger partial charge in [0.2, 0.25) is 0 Å². The van der Waals surface area contributed by atoms with Gasteiger partial charge in [-0.25, -0.2) is 0 Å². The minimum Gasteiger partial charge on any atom is -0.503 e. The summed E-state index contributed by atoms with van der Waals surface area (Å²) in [6.07, 6.45) is 0. The number of rotatable bonds is 2. The second kappa shape index (κ2) is 3.53. The van der Waals surface area contributed by atoms with Crippen LogP contribution in [0, 0.1) is 0 Å². The van der Waals surface area contributed by atoms with Crippen molar-refractivity contribution in [3.05, 3.63) is 17.7 Å². The first-order valence-electron chi connectivity index (χ1n) is 3.98. The monoisotopic (exact) mass is 182 g/mol. The van der Waals surface area contributed by atoms with Gasteiger partial charge in [0, 0.05) is 6.04 Å². The number of nitrogen functional groups attached to an aromatic ring is 1. The molecule has 1 aromatic rings. The quantitative estimate of drug-likeness (QED) is 0.471. The first kappa shape index (κ1) is 9.67. The van der Waals surface area contributed by atoms with E-state index >= 15 is 0 Å². The number of benzene rings is 1. The third-order valence-corrected chi connectivity index (χ3v) is 1.92. The molecular weight excluding hydrogens is 168 g/mol. The first-order chi connectivity index (χ1) is 6.07. The molecule has 4 nitrogen and oxygen atoms in total. The van der Waals surface area contributed by atoms with E-state index in [9.17, 15) is 5.11 Å². The summed E-state index contributed by atoms with van der Waals surface area (Å²) in [5, 5.41) is 9.52. The lowest BCUT2D eigenvalue weighted by Gasteiger charge is -2.12. The van der Waals surface area contributed by atoms with Gasteiger partial charge in [-0.05, 0) is 18.6 Å². The van der Waals surface area contributed by atoms with Crippen LogP contribution in [-0.2, 0) is 0 Å². The third-order valence-electron chi connectivity index (χ3n) is 1.92. The highest BCUT2D eigenvalue weighted by atomic mass is 16.5. The maximum Gasteiger partial charge on any atom is 0.181 e. The number of hydrogen-bond donors (Lipinski definition) is 3. The molecule has 0 saturated heterocycles. The van der Waals surface area contributed by atoms with Crippen molar-refractivity contribution in [1.82, 2.24) is 0 Å². The molecule has 0 saturated carbocycles. The summed E-state index contributed by atoms with van der Waals surface area (Å²) < 4.78 is 4.89. The van der Waals surface area contributed by atoms with Crippen LogP contribution >= 0.6 is 0 Å². The van der Waals surface area contributed by atoms with Crippen LogP contribution in [0.5, 0.6) is 11.5 Å². The smallest absolute Gasteiger partial charge is 0.181 e. The molecule has 13 heavy (non-hydrogen) atoms. The standard InChI is InChI=1S/C9H14N2O2/c1-5(10)6-3-4-7(13-2)9(12)8(6)11/h3-5,12H,10-11H2,1-2H3. The number of ether oxygens (including phenoxy) is 1. The van der Waals surface area contributed by atoms with Crippen LogP contribution < -0.4 is 16.2 Å². The Kier molecular flexibility index (Phi) is 2.63. The zero-order valence-corrected chi connectivity index (χ0v) is 7.74. The van der Waals surface area contributed by atoms with Gasteiger partial charge in [-0.15, -0.1) is 0 Å². The summed E-state index contributed by atoms with van der Waals surface area (Å²) >= 11 is 0. The normalized spacial score (nSPS) is 12.5. The van der Waals surface area contributed by atoms with Gasteiger partial charge in [-0.1, -0.05) is 6.07 Å². The van der Waals surface area contributed by atoms with E-state index in [1.807, 2.05) is 0 Å². The predicted octanol–water partition coefficient (Wildman–Crippen LogP) is 1.00. The van der Waals surface area contributed by atoms with Gasteiger partial charge in [-0.3, -0.25) is 0 Å². The fourth-order valence-corrected chi connectivity index (χ4v) is 1.17. The SMILES string of the molecule is COc1ccc(C(C)N)c(N)c1O. The zero-order valence-electron chi connectivity index (χ0n) is 7.74. The first-order valence-corrected chi connectivity index (χ1v) is 3.98. The largest absolute Gasteiger partial charge is 0.503 e. The number of hydrogen-bond acceptors (Lipinski definition) is 4. The Morgan fingerprint density at radius 1 is 1.46 bits per heavy atom. The van der Waals surface area contributed by atoms with Crippen molar-refractivity contribution in [1.29, 1.82) is 0 Å². The molecule has 5 N–H and O–H groups in total. The average molecular weight is 182 g/mol. The molecular formula is C9H14N2O2. The van der Waals surface area contributed by atoms with Crippen LogP contribution in [0.2, 0.25) is 0 Å². The van der Waals surface area contributed by atoms with E-state index in [0.29, 0.717) is 5.75 Å². The molecule has 0 spiro atoms. The Hall–Kier alpha value is -1.42. The number of anilines is 1. The van der Waals surface area contributed by atoms with E-state index in [1.54, 1.807) is 19.1 Å². The van der Waals surface area contributed by atoms with Crippen molar-refractivity contribution in [2.24, 2.45) is 5.73 Å². The van der Waals surface area contributed by atoms with Crippen LogP contribution in [0.15, 0.2) is 12.1 Å². The summed E-state index contributed by atoms with van der Waals surface area (Å²) in [7, 11) is 1.47. The predicted molar refractivity (Wildman–Crippen MR) is 51.7 cm³/mol. The fraction of sp³-hybridized carbons (Fsp3) is 0.333. The molecule has 0 aromatic heterocycles. The molecule has 1 atom stereocenters. The molecule has 1 aromatic carbocycles. The van der Waals surface area contributed by atoms with Gasteiger partial charge < -0.3 is 21.3 Å². The average Bonchev–Trinajstić information content (AvgIpc) is 2.09. The van der Waals surface area contributed by atoms with Gasteiger partial charge in [0.1, 0.15) is 0 Å². The van der Waals surface area contributed by atoms with Crippen LogP contribution in [-0.4, -0.2) is 12.2 Å². The lowest BCUT2D eigenvalue weighted by molar-refractivity contribution is 0.374. The molecule has 1 unspecified atom stereocenters. The van der Waals surface area contributed by atoms with Crippen molar-refractivity contribution in [3.63, 3.8) is 0 Å². The van der Waals surface area contributed by atoms with E-state index in [4.69, 9.17) is 16.2 Å². The van der Waals surface area contributed by atoms with Gasteiger partial charge >= 0.3 is 0 Å². The Morgan fingerprint density at radius 3 is 2.54 bits per heavy atom. The van der Waals surface area contributed by atoms with Gasteiger partial charge in [-0.2, -0.15) is 0 Å². The minimum absolute atomic E-state index is 0.0442. The second-order valence-corrected chi connectivity index (χ2v) is 2.91. The van der Waals surface area contributed by atoms with Crippen molar-refractivity contribution in [3.8, 4) is 11.5 Å². The summed E-state index contributed by atoms with van der Waals surface area (Å²) in [5.41, 5.74) is 12.3. The highest BCUT2D eigenvalue weighted by Crippen LogP contribution is 2.36. The molecule has 0 heterocycles. The molecule has 0 bridgehead atoms. The zero-order chi connectivity index (χ0) is 10.0.